The van der Waals surface area contributed by atoms with Crippen molar-refractivity contribution in [3.05, 3.63) is 59.7 Å². The lowest BCUT2D eigenvalue weighted by molar-refractivity contribution is -0.192. The van der Waals surface area contributed by atoms with Gasteiger partial charge in [0.15, 0.2) is 0 Å². The molecule has 1 aliphatic carbocycles. The molecule has 0 heterocycles. The highest BCUT2D eigenvalue weighted by Gasteiger charge is 2.51. The van der Waals surface area contributed by atoms with E-state index in [0.29, 0.717) is 18.8 Å². The van der Waals surface area contributed by atoms with Crippen LogP contribution in [0.5, 0.6) is 0 Å². The van der Waals surface area contributed by atoms with Crippen LogP contribution in [0.2, 0.25) is 0 Å². The number of carbonyl (C=O) groups excluding carboxylic acids is 1. The largest absolute Gasteiger partial charge is 0.490 e. The van der Waals surface area contributed by atoms with E-state index in [1.807, 2.05) is 19.1 Å². The van der Waals surface area contributed by atoms with E-state index in [1.54, 1.807) is 43.5 Å². The molecular formula is C22H25F3N2O6S. The molecule has 1 aliphatic rings. The number of carbonyl (C=O) groups is 2. The van der Waals surface area contributed by atoms with Gasteiger partial charge in [-0.25, -0.2) is 13.2 Å². The SMILES string of the molecule is COCCNC(=O)C1(c2ccc(NS(=O)(=O)c3ccc(C)cc3)cc2)CC1.O=C(O)C(F)(F)F. The minimum Gasteiger partial charge on any atom is -0.475 e. The van der Waals surface area contributed by atoms with Crippen molar-refractivity contribution >= 4 is 27.6 Å². The molecule has 2 aromatic rings. The van der Waals surface area contributed by atoms with Crippen LogP contribution in [-0.4, -0.2) is 51.8 Å². The van der Waals surface area contributed by atoms with Gasteiger partial charge in [0.2, 0.25) is 5.91 Å². The lowest BCUT2D eigenvalue weighted by Gasteiger charge is -2.16. The van der Waals surface area contributed by atoms with Crippen molar-refractivity contribution in [2.75, 3.05) is 25.0 Å². The van der Waals surface area contributed by atoms with Gasteiger partial charge in [0.1, 0.15) is 0 Å². The molecule has 1 saturated carbocycles. The summed E-state index contributed by atoms with van der Waals surface area (Å²) in [6.45, 7) is 2.86. The summed E-state index contributed by atoms with van der Waals surface area (Å²) in [4.78, 5) is 21.6. The normalized spacial score (nSPS) is 14.4. The number of benzene rings is 2. The molecule has 1 fully saturated rings. The summed E-state index contributed by atoms with van der Waals surface area (Å²) in [5.41, 5.74) is 1.87. The fraction of sp³-hybridized carbons (Fsp3) is 0.364. The van der Waals surface area contributed by atoms with Crippen LogP contribution in [0.3, 0.4) is 0 Å². The molecule has 0 unspecified atom stereocenters. The van der Waals surface area contributed by atoms with Gasteiger partial charge in [-0.3, -0.25) is 9.52 Å². The molecule has 3 rings (SSSR count). The van der Waals surface area contributed by atoms with E-state index in [1.165, 1.54) is 0 Å². The average molecular weight is 503 g/mol. The van der Waals surface area contributed by atoms with E-state index in [2.05, 4.69) is 10.0 Å². The fourth-order valence-electron chi connectivity index (χ4n) is 3.00. The molecule has 1 amide bonds. The van der Waals surface area contributed by atoms with Crippen molar-refractivity contribution in [2.45, 2.75) is 36.3 Å². The Morgan fingerprint density at radius 1 is 1.06 bits per heavy atom. The molecule has 34 heavy (non-hydrogen) atoms. The third-order valence-corrected chi connectivity index (χ3v) is 6.44. The van der Waals surface area contributed by atoms with Crippen molar-refractivity contribution < 1.29 is 41.0 Å². The zero-order valence-corrected chi connectivity index (χ0v) is 19.3. The Bertz CT molecular complexity index is 1100. The van der Waals surface area contributed by atoms with Crippen LogP contribution in [0.4, 0.5) is 18.9 Å². The molecule has 2 aromatic carbocycles. The van der Waals surface area contributed by atoms with Crippen LogP contribution in [0.25, 0.3) is 0 Å². The number of sulfonamides is 1. The first-order valence-electron chi connectivity index (χ1n) is 10.1. The van der Waals surface area contributed by atoms with Gasteiger partial charge in [0.25, 0.3) is 10.0 Å². The number of nitrogens with one attached hydrogen (secondary N) is 2. The Kier molecular flexibility index (Phi) is 8.67. The number of rotatable bonds is 8. The second kappa shape index (κ2) is 10.9. The van der Waals surface area contributed by atoms with Gasteiger partial charge in [0.05, 0.1) is 16.9 Å². The summed E-state index contributed by atoms with van der Waals surface area (Å²) in [5, 5.41) is 10.0. The zero-order chi connectivity index (χ0) is 25.6. The summed E-state index contributed by atoms with van der Waals surface area (Å²) in [6.07, 6.45) is -3.50. The maximum atomic E-state index is 12.5. The van der Waals surface area contributed by atoms with Crippen molar-refractivity contribution in [1.82, 2.24) is 5.32 Å². The lowest BCUT2D eigenvalue weighted by Crippen LogP contribution is -2.36. The maximum absolute atomic E-state index is 12.5. The second-order valence-electron chi connectivity index (χ2n) is 7.63. The Hall–Kier alpha value is -3.12. The van der Waals surface area contributed by atoms with Gasteiger partial charge >= 0.3 is 12.1 Å². The van der Waals surface area contributed by atoms with E-state index < -0.39 is 27.6 Å². The van der Waals surface area contributed by atoms with Gasteiger partial charge in [-0.15, -0.1) is 0 Å². The summed E-state index contributed by atoms with van der Waals surface area (Å²) in [5.74, 6) is -2.76. The number of carboxylic acids is 1. The predicted molar refractivity (Wildman–Crippen MR) is 118 cm³/mol. The first-order valence-corrected chi connectivity index (χ1v) is 11.6. The fourth-order valence-corrected chi connectivity index (χ4v) is 4.06. The minimum absolute atomic E-state index is 0.00691. The highest BCUT2D eigenvalue weighted by atomic mass is 32.2. The minimum atomic E-state index is -5.08. The van der Waals surface area contributed by atoms with E-state index >= 15 is 0 Å². The number of alkyl halides is 3. The van der Waals surface area contributed by atoms with E-state index in [-0.39, 0.29) is 10.8 Å². The summed E-state index contributed by atoms with van der Waals surface area (Å²) >= 11 is 0. The molecule has 0 aromatic heterocycles. The molecular weight excluding hydrogens is 477 g/mol. The number of anilines is 1. The quantitative estimate of drug-likeness (QED) is 0.477. The van der Waals surface area contributed by atoms with E-state index in [4.69, 9.17) is 14.6 Å². The number of aliphatic carboxylic acids is 1. The molecule has 3 N–H and O–H groups in total. The Balaban J connectivity index is 0.000000509. The average Bonchev–Trinajstić information content (AvgIpc) is 3.56. The standard InChI is InChI=1S/C20H24N2O4S.C2HF3O2/c1-15-3-9-18(10-4-15)27(24,25)22-17-7-5-16(6-8-17)20(11-12-20)19(23)21-13-14-26-2;3-2(4,5)1(6)7/h3-10,22H,11-14H2,1-2H3,(H,21,23);(H,6,7). The molecule has 0 radical (unpaired) electrons. The number of amides is 1. The van der Waals surface area contributed by atoms with Gasteiger partial charge in [-0.2, -0.15) is 13.2 Å². The predicted octanol–water partition coefficient (Wildman–Crippen LogP) is 3.22. The highest BCUT2D eigenvalue weighted by Crippen LogP contribution is 2.48. The number of hydrogen-bond acceptors (Lipinski definition) is 5. The zero-order valence-electron chi connectivity index (χ0n) is 18.5. The van der Waals surface area contributed by atoms with Crippen LogP contribution < -0.4 is 10.0 Å². The molecule has 8 nitrogen and oxygen atoms in total. The number of ether oxygens (including phenoxy) is 1. The van der Waals surface area contributed by atoms with Crippen molar-refractivity contribution in [3.63, 3.8) is 0 Å². The number of methoxy groups -OCH3 is 1. The molecule has 0 atom stereocenters. The number of carboxylic acid groups (broad SMARTS) is 1. The molecule has 0 saturated heterocycles. The maximum Gasteiger partial charge on any atom is 0.490 e. The van der Waals surface area contributed by atoms with Crippen molar-refractivity contribution in [1.29, 1.82) is 0 Å². The van der Waals surface area contributed by atoms with Crippen LogP contribution in [0.1, 0.15) is 24.0 Å². The van der Waals surface area contributed by atoms with Crippen molar-refractivity contribution in [3.8, 4) is 0 Å². The number of halogens is 3. The number of hydrogen-bond donors (Lipinski definition) is 3. The summed E-state index contributed by atoms with van der Waals surface area (Å²) in [7, 11) is -2.04. The Labute approximate surface area is 195 Å². The van der Waals surface area contributed by atoms with Gasteiger partial charge < -0.3 is 15.2 Å². The van der Waals surface area contributed by atoms with Crippen molar-refractivity contribution in [2.24, 2.45) is 0 Å². The molecule has 0 bridgehead atoms. The Morgan fingerprint density at radius 2 is 1.59 bits per heavy atom. The topological polar surface area (TPSA) is 122 Å². The second-order valence-corrected chi connectivity index (χ2v) is 9.31. The highest BCUT2D eigenvalue weighted by molar-refractivity contribution is 7.92. The first kappa shape index (κ1) is 27.1. The van der Waals surface area contributed by atoms with Crippen LogP contribution in [-0.2, 0) is 29.8 Å². The molecule has 12 heteroatoms. The summed E-state index contributed by atoms with van der Waals surface area (Å²) in [6, 6.07) is 13.7. The number of aryl methyl sites for hydroxylation is 1. The first-order chi connectivity index (χ1) is 15.8. The third kappa shape index (κ3) is 7.19. The van der Waals surface area contributed by atoms with Crippen LogP contribution >= 0.6 is 0 Å². The lowest BCUT2D eigenvalue weighted by atomic mass is 9.95. The molecule has 0 spiro atoms. The third-order valence-electron chi connectivity index (χ3n) is 5.04. The Morgan fingerprint density at radius 3 is 2.03 bits per heavy atom. The van der Waals surface area contributed by atoms with Crippen LogP contribution in [0, 0.1) is 6.92 Å². The van der Waals surface area contributed by atoms with Gasteiger partial charge in [0, 0.05) is 19.3 Å². The summed E-state index contributed by atoms with van der Waals surface area (Å²) < 4.78 is 64.2. The van der Waals surface area contributed by atoms with Gasteiger partial charge in [-0.1, -0.05) is 29.8 Å². The van der Waals surface area contributed by atoms with Crippen LogP contribution in [0.15, 0.2) is 53.4 Å². The molecule has 0 aliphatic heterocycles. The monoisotopic (exact) mass is 502 g/mol. The molecule has 186 valence electrons. The smallest absolute Gasteiger partial charge is 0.475 e. The van der Waals surface area contributed by atoms with E-state index in [0.717, 1.165) is 24.0 Å². The van der Waals surface area contributed by atoms with Gasteiger partial charge in [-0.05, 0) is 49.6 Å². The van der Waals surface area contributed by atoms with E-state index in [9.17, 15) is 26.4 Å².